The summed E-state index contributed by atoms with van der Waals surface area (Å²) in [7, 11) is 0. The SMILES string of the molecule is O=C(Cc1csc(COc2ccccc2)n1)N1CCCC1c1nn[nH]n1. The Kier molecular flexibility index (Phi) is 4.87. The highest BCUT2D eigenvalue weighted by atomic mass is 32.1. The Morgan fingerprint density at radius 1 is 1.35 bits per heavy atom. The standard InChI is InChI=1S/C17H18N6O2S/c24-16(23-8-4-7-14(23)17-19-21-22-20-17)9-12-11-26-15(18-12)10-25-13-5-2-1-3-6-13/h1-3,5-6,11,14H,4,7-10H2,(H,19,20,21,22). The van der Waals surface area contributed by atoms with E-state index in [2.05, 4.69) is 25.6 Å². The second kappa shape index (κ2) is 7.61. The quantitative estimate of drug-likeness (QED) is 0.714. The van der Waals surface area contributed by atoms with Crippen molar-refractivity contribution in [1.29, 1.82) is 0 Å². The largest absolute Gasteiger partial charge is 0.486 e. The van der Waals surface area contributed by atoms with E-state index in [9.17, 15) is 4.79 Å². The van der Waals surface area contributed by atoms with Crippen molar-refractivity contribution in [3.05, 3.63) is 52.2 Å². The van der Waals surface area contributed by atoms with E-state index in [1.54, 1.807) is 0 Å². The van der Waals surface area contributed by atoms with Gasteiger partial charge >= 0.3 is 0 Å². The summed E-state index contributed by atoms with van der Waals surface area (Å²) in [6.45, 7) is 1.12. The molecule has 0 bridgehead atoms. The monoisotopic (exact) mass is 370 g/mol. The molecule has 1 aromatic carbocycles. The zero-order chi connectivity index (χ0) is 17.8. The van der Waals surface area contributed by atoms with Crippen molar-refractivity contribution in [2.45, 2.75) is 31.9 Å². The number of H-pyrrole nitrogens is 1. The summed E-state index contributed by atoms with van der Waals surface area (Å²) in [5.41, 5.74) is 0.769. The molecule has 26 heavy (non-hydrogen) atoms. The van der Waals surface area contributed by atoms with Crippen molar-refractivity contribution in [2.75, 3.05) is 6.54 Å². The number of ether oxygens (including phenoxy) is 1. The summed E-state index contributed by atoms with van der Waals surface area (Å²) >= 11 is 1.51. The van der Waals surface area contributed by atoms with Gasteiger partial charge in [-0.3, -0.25) is 4.79 Å². The van der Waals surface area contributed by atoms with Gasteiger partial charge in [-0.25, -0.2) is 4.98 Å². The minimum atomic E-state index is -0.0965. The fourth-order valence-electron chi connectivity index (χ4n) is 3.06. The van der Waals surface area contributed by atoms with Crippen molar-refractivity contribution in [2.24, 2.45) is 0 Å². The van der Waals surface area contributed by atoms with Gasteiger partial charge in [0, 0.05) is 11.9 Å². The van der Waals surface area contributed by atoms with Gasteiger partial charge in [0.05, 0.1) is 18.2 Å². The average Bonchev–Trinajstić information content (AvgIpc) is 3.41. The minimum Gasteiger partial charge on any atom is -0.486 e. The van der Waals surface area contributed by atoms with Gasteiger partial charge in [-0.1, -0.05) is 23.4 Å². The first-order valence-corrected chi connectivity index (χ1v) is 9.31. The maximum absolute atomic E-state index is 12.7. The van der Waals surface area contributed by atoms with E-state index in [4.69, 9.17) is 4.74 Å². The molecule has 0 radical (unpaired) electrons. The second-order valence-corrected chi connectivity index (χ2v) is 6.97. The van der Waals surface area contributed by atoms with Crippen molar-refractivity contribution in [3.63, 3.8) is 0 Å². The summed E-state index contributed by atoms with van der Waals surface area (Å²) in [5, 5.41) is 16.9. The molecule has 0 aliphatic carbocycles. The third-order valence-corrected chi connectivity index (χ3v) is 5.14. The Morgan fingerprint density at radius 2 is 2.23 bits per heavy atom. The molecule has 1 aliphatic heterocycles. The van der Waals surface area contributed by atoms with Crippen LogP contribution in [0, 0.1) is 0 Å². The molecular formula is C17H18N6O2S. The Morgan fingerprint density at radius 3 is 3.04 bits per heavy atom. The Labute approximate surface area is 154 Å². The highest BCUT2D eigenvalue weighted by Gasteiger charge is 2.32. The van der Waals surface area contributed by atoms with E-state index in [0.29, 0.717) is 19.0 Å². The second-order valence-electron chi connectivity index (χ2n) is 6.03. The van der Waals surface area contributed by atoms with Crippen LogP contribution < -0.4 is 4.74 Å². The number of rotatable bonds is 6. The number of tetrazole rings is 1. The number of carbonyl (C=O) groups is 1. The summed E-state index contributed by atoms with van der Waals surface area (Å²) in [6, 6.07) is 9.52. The number of carbonyl (C=O) groups excluding carboxylic acids is 1. The molecule has 1 aliphatic rings. The van der Waals surface area contributed by atoms with Gasteiger partial charge in [-0.05, 0) is 25.0 Å². The van der Waals surface area contributed by atoms with E-state index in [1.807, 2.05) is 40.6 Å². The molecule has 1 N–H and O–H groups in total. The lowest BCUT2D eigenvalue weighted by molar-refractivity contribution is -0.131. The Balaban J connectivity index is 1.35. The van der Waals surface area contributed by atoms with Crippen molar-refractivity contribution < 1.29 is 9.53 Å². The highest BCUT2D eigenvalue weighted by Crippen LogP contribution is 2.29. The molecule has 1 saturated heterocycles. The highest BCUT2D eigenvalue weighted by molar-refractivity contribution is 7.09. The summed E-state index contributed by atoms with van der Waals surface area (Å²) in [4.78, 5) is 19.0. The molecule has 4 rings (SSSR count). The first-order chi connectivity index (χ1) is 12.8. The fourth-order valence-corrected chi connectivity index (χ4v) is 3.76. The van der Waals surface area contributed by atoms with Crippen LogP contribution in [-0.4, -0.2) is 43.0 Å². The number of nitrogens with zero attached hydrogens (tertiary/aromatic N) is 5. The molecule has 0 saturated carbocycles. The van der Waals surface area contributed by atoms with Crippen molar-refractivity contribution in [3.8, 4) is 5.75 Å². The van der Waals surface area contributed by atoms with Gasteiger partial charge in [0.1, 0.15) is 17.4 Å². The van der Waals surface area contributed by atoms with Crippen LogP contribution in [0.2, 0.25) is 0 Å². The number of nitrogens with one attached hydrogen (secondary N) is 1. The van der Waals surface area contributed by atoms with Gasteiger partial charge in [0.2, 0.25) is 5.91 Å². The van der Waals surface area contributed by atoms with Crippen LogP contribution in [0.15, 0.2) is 35.7 Å². The van der Waals surface area contributed by atoms with Gasteiger partial charge < -0.3 is 9.64 Å². The number of aromatic amines is 1. The van der Waals surface area contributed by atoms with Crippen LogP contribution in [0.25, 0.3) is 0 Å². The lowest BCUT2D eigenvalue weighted by atomic mass is 10.2. The van der Waals surface area contributed by atoms with Crippen LogP contribution in [0.5, 0.6) is 5.75 Å². The van der Waals surface area contributed by atoms with Crippen molar-refractivity contribution in [1.82, 2.24) is 30.5 Å². The third kappa shape index (κ3) is 3.72. The van der Waals surface area contributed by atoms with Crippen LogP contribution in [-0.2, 0) is 17.8 Å². The molecule has 134 valence electrons. The first-order valence-electron chi connectivity index (χ1n) is 8.43. The molecule has 1 amide bonds. The molecule has 9 heteroatoms. The summed E-state index contributed by atoms with van der Waals surface area (Å²) in [5.74, 6) is 1.42. The predicted molar refractivity (Wildman–Crippen MR) is 94.5 cm³/mol. The average molecular weight is 370 g/mol. The van der Waals surface area contributed by atoms with Crippen molar-refractivity contribution >= 4 is 17.2 Å². The minimum absolute atomic E-state index is 0.0399. The molecule has 0 spiro atoms. The number of hydrogen-bond acceptors (Lipinski definition) is 7. The fraction of sp³-hybridized carbons (Fsp3) is 0.353. The van der Waals surface area contributed by atoms with Crippen LogP contribution >= 0.6 is 11.3 Å². The number of amides is 1. The van der Waals surface area contributed by atoms with E-state index in [-0.39, 0.29) is 18.4 Å². The van der Waals surface area contributed by atoms with E-state index in [1.165, 1.54) is 11.3 Å². The number of hydrogen-bond donors (Lipinski definition) is 1. The Hall–Kier alpha value is -2.81. The molecule has 1 unspecified atom stereocenters. The Bertz CT molecular complexity index is 851. The van der Waals surface area contributed by atoms with Gasteiger partial charge in [-0.2, -0.15) is 5.21 Å². The van der Waals surface area contributed by atoms with Gasteiger partial charge in [0.25, 0.3) is 0 Å². The maximum atomic E-state index is 12.7. The van der Waals surface area contributed by atoms with E-state index >= 15 is 0 Å². The molecule has 2 aromatic heterocycles. The number of aromatic nitrogens is 5. The normalized spacial score (nSPS) is 16.8. The van der Waals surface area contributed by atoms with Crippen LogP contribution in [0.3, 0.4) is 0 Å². The molecular weight excluding hydrogens is 352 g/mol. The third-order valence-electron chi connectivity index (χ3n) is 4.27. The van der Waals surface area contributed by atoms with Gasteiger partial charge in [-0.15, -0.1) is 21.5 Å². The number of benzene rings is 1. The number of likely N-dealkylation sites (tertiary alicyclic amines) is 1. The van der Waals surface area contributed by atoms with Crippen LogP contribution in [0.1, 0.15) is 35.4 Å². The zero-order valence-electron chi connectivity index (χ0n) is 14.0. The maximum Gasteiger partial charge on any atom is 0.229 e. The lowest BCUT2D eigenvalue weighted by Gasteiger charge is -2.21. The summed E-state index contributed by atoms with van der Waals surface area (Å²) < 4.78 is 5.70. The van der Waals surface area contributed by atoms with E-state index < -0.39 is 0 Å². The van der Waals surface area contributed by atoms with Crippen LogP contribution in [0.4, 0.5) is 0 Å². The lowest BCUT2D eigenvalue weighted by Crippen LogP contribution is -2.32. The topological polar surface area (TPSA) is 96.9 Å². The molecule has 3 aromatic rings. The molecule has 3 heterocycles. The first kappa shape index (κ1) is 16.6. The number of para-hydroxylation sites is 1. The summed E-state index contributed by atoms with van der Waals surface area (Å²) in [6.07, 6.45) is 2.08. The molecule has 1 atom stereocenters. The molecule has 1 fully saturated rings. The predicted octanol–water partition coefficient (Wildman–Crippen LogP) is 2.14. The zero-order valence-corrected chi connectivity index (χ0v) is 14.9. The van der Waals surface area contributed by atoms with Gasteiger partial charge in [0.15, 0.2) is 5.82 Å². The molecule has 8 nitrogen and oxygen atoms in total. The van der Waals surface area contributed by atoms with E-state index in [0.717, 1.165) is 29.3 Å². The smallest absolute Gasteiger partial charge is 0.229 e. The number of thiazole rings is 1.